The van der Waals surface area contributed by atoms with E-state index >= 15 is 0 Å². The molecule has 2 aliphatic heterocycles. The van der Waals surface area contributed by atoms with Crippen molar-refractivity contribution in [2.45, 2.75) is 6.42 Å². The molecule has 8 rings (SSSR count). The van der Waals surface area contributed by atoms with E-state index in [9.17, 15) is 0 Å². The van der Waals surface area contributed by atoms with Gasteiger partial charge in [0.05, 0.1) is 5.52 Å². The van der Waals surface area contributed by atoms with Gasteiger partial charge in [-0.3, -0.25) is 0 Å². The van der Waals surface area contributed by atoms with Crippen LogP contribution >= 0.6 is 0 Å². The minimum Gasteiger partial charge on any atom is -0.310 e. The summed E-state index contributed by atoms with van der Waals surface area (Å²) in [6.45, 7) is 0.293. The molecule has 6 aromatic rings. The summed E-state index contributed by atoms with van der Waals surface area (Å²) in [6, 6.07) is 40.4. The molecule has 1 aromatic heterocycles. The molecule has 5 aromatic carbocycles. The summed E-state index contributed by atoms with van der Waals surface area (Å²) in [5.41, 5.74) is 13.9. The van der Waals surface area contributed by atoms with E-state index in [1.165, 1.54) is 66.1 Å². The number of hydrogen-bond acceptors (Lipinski definition) is 0. The van der Waals surface area contributed by atoms with Crippen molar-refractivity contribution in [3.63, 3.8) is 0 Å². The number of benzene rings is 5. The molecule has 2 aliphatic rings. The predicted octanol–water partition coefficient (Wildman–Crippen LogP) is 5.18. The fourth-order valence-corrected chi connectivity index (χ4v) is 6.40. The molecular formula is C31H20BN. The third-order valence-electron chi connectivity index (χ3n) is 7.69. The first-order valence-corrected chi connectivity index (χ1v) is 11.7. The van der Waals surface area contributed by atoms with E-state index in [0.717, 1.165) is 6.42 Å². The van der Waals surface area contributed by atoms with Gasteiger partial charge in [-0.1, -0.05) is 103 Å². The number of rotatable bonds is 1. The Morgan fingerprint density at radius 3 is 2.30 bits per heavy atom. The molecule has 0 radical (unpaired) electrons. The van der Waals surface area contributed by atoms with Gasteiger partial charge in [-0.25, -0.2) is 0 Å². The van der Waals surface area contributed by atoms with Gasteiger partial charge in [-0.05, 0) is 51.7 Å². The highest BCUT2D eigenvalue weighted by molar-refractivity contribution is 6.98. The van der Waals surface area contributed by atoms with Gasteiger partial charge in [0.25, 0.3) is 0 Å². The largest absolute Gasteiger partial charge is 0.310 e. The molecule has 33 heavy (non-hydrogen) atoms. The first kappa shape index (κ1) is 17.5. The number of aromatic nitrogens is 1. The monoisotopic (exact) mass is 417 g/mol. The Morgan fingerprint density at radius 2 is 1.39 bits per heavy atom. The molecule has 0 atom stereocenters. The van der Waals surface area contributed by atoms with Crippen LogP contribution in [0.25, 0.3) is 38.6 Å². The quantitative estimate of drug-likeness (QED) is 0.324. The second kappa shape index (κ2) is 6.27. The lowest BCUT2D eigenvalue weighted by Gasteiger charge is -2.33. The molecule has 1 nitrogen and oxygen atoms in total. The van der Waals surface area contributed by atoms with E-state index in [0.29, 0.717) is 6.71 Å². The van der Waals surface area contributed by atoms with Crippen molar-refractivity contribution < 1.29 is 0 Å². The molecule has 0 aliphatic carbocycles. The van der Waals surface area contributed by atoms with E-state index in [4.69, 9.17) is 0 Å². The van der Waals surface area contributed by atoms with Crippen molar-refractivity contribution in [2.24, 2.45) is 0 Å². The van der Waals surface area contributed by atoms with Crippen LogP contribution < -0.4 is 16.4 Å². The SMILES string of the molecule is c1ccc(-c2cccc3c2c2ccc4c5c2n3-c2ccccc2B5c2ccccc2C4)cc1. The standard InChI is InChI=1S/C31H20BN/c1-2-9-20(10-3-1)23-12-8-16-28-29(23)24-18-17-22-19-21-11-4-5-13-25(21)32-26-14-6-7-15-27(26)33(28)31(24)30(22)32/h1-18H,19H2. The van der Waals surface area contributed by atoms with Crippen molar-refractivity contribution >= 4 is 44.9 Å². The fraction of sp³-hybridized carbons (Fsp3) is 0.0323. The zero-order valence-corrected chi connectivity index (χ0v) is 18.1. The highest BCUT2D eigenvalue weighted by atomic mass is 15.0. The van der Waals surface area contributed by atoms with Crippen LogP contribution in [0.3, 0.4) is 0 Å². The van der Waals surface area contributed by atoms with Crippen LogP contribution in [-0.4, -0.2) is 11.3 Å². The van der Waals surface area contributed by atoms with Crippen LogP contribution in [0.1, 0.15) is 11.1 Å². The molecule has 2 heteroatoms. The van der Waals surface area contributed by atoms with E-state index < -0.39 is 0 Å². The summed E-state index contributed by atoms with van der Waals surface area (Å²) >= 11 is 0. The second-order valence-corrected chi connectivity index (χ2v) is 9.30. The van der Waals surface area contributed by atoms with Crippen molar-refractivity contribution in [1.29, 1.82) is 0 Å². The molecule has 0 spiro atoms. The van der Waals surface area contributed by atoms with Crippen LogP contribution in [0.15, 0.2) is 109 Å². The molecule has 152 valence electrons. The third-order valence-corrected chi connectivity index (χ3v) is 7.69. The van der Waals surface area contributed by atoms with E-state index in [1.807, 2.05) is 0 Å². The predicted molar refractivity (Wildman–Crippen MR) is 140 cm³/mol. The zero-order chi connectivity index (χ0) is 21.5. The Labute approximate surface area is 193 Å². The second-order valence-electron chi connectivity index (χ2n) is 9.30. The van der Waals surface area contributed by atoms with Crippen molar-refractivity contribution in [3.8, 4) is 16.8 Å². The maximum absolute atomic E-state index is 2.54. The summed E-state index contributed by atoms with van der Waals surface area (Å²) in [7, 11) is 0. The van der Waals surface area contributed by atoms with E-state index in [1.54, 1.807) is 0 Å². The number of hydrogen-bond donors (Lipinski definition) is 0. The number of para-hydroxylation sites is 1. The molecule has 0 unspecified atom stereocenters. The van der Waals surface area contributed by atoms with Gasteiger partial charge in [-0.2, -0.15) is 0 Å². The van der Waals surface area contributed by atoms with Crippen molar-refractivity contribution in [3.05, 3.63) is 120 Å². The maximum Gasteiger partial charge on any atom is 0.247 e. The highest BCUT2D eigenvalue weighted by Crippen LogP contribution is 2.40. The Balaban J connectivity index is 1.60. The van der Waals surface area contributed by atoms with Gasteiger partial charge in [0.15, 0.2) is 0 Å². The molecule has 0 fully saturated rings. The Hall–Kier alpha value is -4.04. The first-order chi connectivity index (χ1) is 16.4. The minimum absolute atomic E-state index is 0.293. The topological polar surface area (TPSA) is 4.93 Å². The molecule has 3 heterocycles. The lowest BCUT2D eigenvalue weighted by molar-refractivity contribution is 1.16. The van der Waals surface area contributed by atoms with E-state index in [-0.39, 0.29) is 0 Å². The van der Waals surface area contributed by atoms with Crippen LogP contribution in [0, 0.1) is 0 Å². The summed E-state index contributed by atoms with van der Waals surface area (Å²) in [4.78, 5) is 0. The highest BCUT2D eigenvalue weighted by Gasteiger charge is 2.38. The van der Waals surface area contributed by atoms with E-state index in [2.05, 4.69) is 114 Å². The normalized spacial score (nSPS) is 13.3. The molecular weight excluding hydrogens is 397 g/mol. The minimum atomic E-state index is 0.293. The third kappa shape index (κ3) is 2.18. The summed E-state index contributed by atoms with van der Waals surface area (Å²) < 4.78 is 2.54. The van der Waals surface area contributed by atoms with Gasteiger partial charge in [-0.15, -0.1) is 0 Å². The lowest BCUT2D eigenvalue weighted by Crippen LogP contribution is -2.60. The molecule has 0 saturated heterocycles. The van der Waals surface area contributed by atoms with Gasteiger partial charge in [0, 0.05) is 22.0 Å². The summed E-state index contributed by atoms with van der Waals surface area (Å²) in [5.74, 6) is 0. The fourth-order valence-electron chi connectivity index (χ4n) is 6.40. The first-order valence-electron chi connectivity index (χ1n) is 11.7. The van der Waals surface area contributed by atoms with Crippen LogP contribution in [-0.2, 0) is 6.42 Å². The number of fused-ring (bicyclic) bond motifs is 8. The zero-order valence-electron chi connectivity index (χ0n) is 18.1. The average Bonchev–Trinajstić information content (AvgIpc) is 3.23. The van der Waals surface area contributed by atoms with Gasteiger partial charge < -0.3 is 4.57 Å². The molecule has 0 bridgehead atoms. The summed E-state index contributed by atoms with van der Waals surface area (Å²) in [6.07, 6.45) is 1.01. The van der Waals surface area contributed by atoms with Crippen molar-refractivity contribution in [1.82, 2.24) is 4.57 Å². The Bertz CT molecular complexity index is 1740. The molecule has 0 N–H and O–H groups in total. The Morgan fingerprint density at radius 1 is 0.606 bits per heavy atom. The smallest absolute Gasteiger partial charge is 0.247 e. The number of nitrogens with zero attached hydrogens (tertiary/aromatic N) is 1. The maximum atomic E-state index is 2.54. The van der Waals surface area contributed by atoms with Gasteiger partial charge >= 0.3 is 0 Å². The van der Waals surface area contributed by atoms with Gasteiger partial charge in [0.1, 0.15) is 0 Å². The Kier molecular flexibility index (Phi) is 3.33. The van der Waals surface area contributed by atoms with Crippen LogP contribution in [0.4, 0.5) is 0 Å². The lowest BCUT2D eigenvalue weighted by atomic mass is 9.32. The van der Waals surface area contributed by atoms with Gasteiger partial charge in [0.2, 0.25) is 6.71 Å². The summed E-state index contributed by atoms with van der Waals surface area (Å²) in [5, 5.41) is 2.72. The molecule has 0 saturated carbocycles. The van der Waals surface area contributed by atoms with Crippen molar-refractivity contribution in [2.75, 3.05) is 0 Å². The van der Waals surface area contributed by atoms with Crippen LogP contribution in [0.5, 0.6) is 0 Å². The molecule has 0 amide bonds. The van der Waals surface area contributed by atoms with Crippen LogP contribution in [0.2, 0.25) is 0 Å². The average molecular weight is 417 g/mol.